The lowest BCUT2D eigenvalue weighted by molar-refractivity contribution is -0.436. The molecule has 144 valence electrons. The second-order valence-corrected chi connectivity index (χ2v) is 6.28. The molecule has 4 rings (SSSR count). The number of hydrogen-bond donors (Lipinski definition) is 1. The molecule has 1 heterocycles. The molecule has 0 spiro atoms. The topological polar surface area (TPSA) is 90.7 Å². The molecule has 1 aliphatic heterocycles. The molecule has 3 aromatic carbocycles. The minimum Gasteiger partial charge on any atom is -0.457 e. The van der Waals surface area contributed by atoms with Gasteiger partial charge in [0.1, 0.15) is 11.5 Å². The molecule has 7 heteroatoms. The first-order valence-electron chi connectivity index (χ1n) is 8.86. The number of esters is 1. The quantitative estimate of drug-likeness (QED) is 0.366. The van der Waals surface area contributed by atoms with Crippen LogP contribution in [0.4, 0.5) is 5.69 Å². The molecule has 0 bridgehead atoms. The zero-order valence-electron chi connectivity index (χ0n) is 15.1. The maximum atomic E-state index is 12.0. The third-order valence-electron chi connectivity index (χ3n) is 4.39. The van der Waals surface area contributed by atoms with Crippen molar-refractivity contribution in [1.29, 1.82) is 0 Å². The molecule has 0 radical (unpaired) electrons. The molecule has 0 saturated carbocycles. The Labute approximate surface area is 166 Å². The average Bonchev–Trinajstić information content (AvgIpc) is 3.07. The van der Waals surface area contributed by atoms with Crippen molar-refractivity contribution in [2.45, 2.75) is 6.10 Å². The Balaban J connectivity index is 1.51. The normalized spacial score (nSPS) is 15.4. The Kier molecular flexibility index (Phi) is 4.94. The Hall–Kier alpha value is -4.13. The van der Waals surface area contributed by atoms with Gasteiger partial charge in [-0.15, -0.1) is 0 Å². The largest absolute Gasteiger partial charge is 0.457 e. The smallest absolute Gasteiger partial charge is 0.339 e. The first kappa shape index (κ1) is 18.2. The van der Waals surface area contributed by atoms with E-state index in [2.05, 4.69) is 5.32 Å². The van der Waals surface area contributed by atoms with Gasteiger partial charge in [-0.25, -0.2) is 4.79 Å². The van der Waals surface area contributed by atoms with E-state index in [4.69, 9.17) is 9.47 Å². The lowest BCUT2D eigenvalue weighted by Gasteiger charge is -2.09. The van der Waals surface area contributed by atoms with Crippen molar-refractivity contribution in [2.24, 2.45) is 0 Å². The molecule has 0 aromatic heterocycles. The number of carbonyl (C=O) groups excluding carboxylic acids is 1. The number of ether oxygens (including phenoxy) is 2. The Morgan fingerprint density at radius 2 is 1.62 bits per heavy atom. The highest BCUT2D eigenvalue weighted by molar-refractivity contribution is 5.94. The third kappa shape index (κ3) is 3.93. The van der Waals surface area contributed by atoms with E-state index in [1.807, 2.05) is 30.3 Å². The molecule has 0 aliphatic carbocycles. The van der Waals surface area contributed by atoms with Crippen LogP contribution in [0.1, 0.15) is 22.0 Å². The van der Waals surface area contributed by atoms with Crippen LogP contribution in [-0.2, 0) is 4.74 Å². The van der Waals surface area contributed by atoms with Crippen molar-refractivity contribution in [2.75, 3.05) is 5.32 Å². The Morgan fingerprint density at radius 3 is 2.34 bits per heavy atom. The molecule has 1 aliphatic rings. The van der Waals surface area contributed by atoms with Gasteiger partial charge >= 0.3 is 11.7 Å². The summed E-state index contributed by atoms with van der Waals surface area (Å²) in [7, 11) is 0. The summed E-state index contributed by atoms with van der Waals surface area (Å²) in [6, 6.07) is 23.0. The van der Waals surface area contributed by atoms with Gasteiger partial charge in [0.25, 0.3) is 0 Å². The van der Waals surface area contributed by atoms with Crippen LogP contribution in [0.5, 0.6) is 11.5 Å². The van der Waals surface area contributed by atoms with E-state index in [1.165, 1.54) is 6.20 Å². The number of carbonyl (C=O) groups is 1. The lowest BCUT2D eigenvalue weighted by Crippen LogP contribution is -2.12. The van der Waals surface area contributed by atoms with Gasteiger partial charge in [-0.3, -0.25) is 10.1 Å². The minimum absolute atomic E-state index is 0.257. The average molecular weight is 388 g/mol. The van der Waals surface area contributed by atoms with Gasteiger partial charge in [0.15, 0.2) is 0 Å². The van der Waals surface area contributed by atoms with Gasteiger partial charge in [0.05, 0.1) is 16.7 Å². The predicted molar refractivity (Wildman–Crippen MR) is 106 cm³/mol. The zero-order chi connectivity index (χ0) is 20.2. The van der Waals surface area contributed by atoms with Crippen molar-refractivity contribution in [3.63, 3.8) is 0 Å². The van der Waals surface area contributed by atoms with Crippen LogP contribution >= 0.6 is 0 Å². The molecule has 3 aromatic rings. The minimum atomic E-state index is -1.05. The van der Waals surface area contributed by atoms with Crippen molar-refractivity contribution in [3.05, 3.63) is 112 Å². The van der Waals surface area contributed by atoms with Gasteiger partial charge in [-0.2, -0.15) is 0 Å². The standard InChI is InChI=1S/C22H16N2O5/c25-22-19-9-5-4-8-18(19)21(29-22)20(24(26)27)14-23-15-10-12-17(13-11-15)28-16-6-2-1-3-7-16/h1-14,21,23H/b20-14-. The van der Waals surface area contributed by atoms with E-state index >= 15 is 0 Å². The summed E-state index contributed by atoms with van der Waals surface area (Å²) in [5.74, 6) is 0.783. The number of hydrogen-bond acceptors (Lipinski definition) is 6. The molecular formula is C22H16N2O5. The van der Waals surface area contributed by atoms with Crippen LogP contribution in [0.2, 0.25) is 0 Å². The number of rotatable bonds is 6. The third-order valence-corrected chi connectivity index (χ3v) is 4.39. The fraction of sp³-hybridized carbons (Fsp3) is 0.0455. The Bertz CT molecular complexity index is 1080. The number of para-hydroxylation sites is 1. The summed E-state index contributed by atoms with van der Waals surface area (Å²) in [5.41, 5.74) is 1.19. The number of cyclic esters (lactones) is 1. The van der Waals surface area contributed by atoms with Crippen LogP contribution in [-0.4, -0.2) is 10.9 Å². The summed E-state index contributed by atoms with van der Waals surface area (Å²) in [4.78, 5) is 23.0. The fourth-order valence-corrected chi connectivity index (χ4v) is 2.99. The molecule has 1 atom stereocenters. The van der Waals surface area contributed by atoms with Gasteiger partial charge in [-0.05, 0) is 42.5 Å². The van der Waals surface area contributed by atoms with Crippen molar-refractivity contribution < 1.29 is 19.2 Å². The summed E-state index contributed by atoms with van der Waals surface area (Å²) in [6.07, 6.45) is 0.189. The predicted octanol–water partition coefficient (Wildman–Crippen LogP) is 4.92. The van der Waals surface area contributed by atoms with Crippen LogP contribution in [0.15, 0.2) is 90.8 Å². The highest BCUT2D eigenvalue weighted by Crippen LogP contribution is 2.36. The molecular weight excluding hydrogens is 372 g/mol. The number of nitrogens with one attached hydrogen (secondary N) is 1. The van der Waals surface area contributed by atoms with Gasteiger partial charge in [-0.1, -0.05) is 36.4 Å². The zero-order valence-corrected chi connectivity index (χ0v) is 15.1. The first-order valence-corrected chi connectivity index (χ1v) is 8.86. The highest BCUT2D eigenvalue weighted by Gasteiger charge is 2.39. The number of benzene rings is 3. The Morgan fingerprint density at radius 1 is 0.966 bits per heavy atom. The number of nitrogens with zero attached hydrogens (tertiary/aromatic N) is 1. The molecule has 0 amide bonds. The molecule has 7 nitrogen and oxygen atoms in total. The van der Waals surface area contributed by atoms with Crippen LogP contribution in [0.25, 0.3) is 0 Å². The number of fused-ring (bicyclic) bond motifs is 1. The van der Waals surface area contributed by atoms with Gasteiger partial charge < -0.3 is 14.8 Å². The second-order valence-electron chi connectivity index (χ2n) is 6.28. The number of anilines is 1. The van der Waals surface area contributed by atoms with E-state index in [-0.39, 0.29) is 5.70 Å². The molecule has 1 unspecified atom stereocenters. The van der Waals surface area contributed by atoms with Crippen LogP contribution < -0.4 is 10.1 Å². The van der Waals surface area contributed by atoms with Gasteiger partial charge in [0, 0.05) is 11.3 Å². The highest BCUT2D eigenvalue weighted by atomic mass is 16.6. The van der Waals surface area contributed by atoms with Crippen molar-refractivity contribution in [3.8, 4) is 11.5 Å². The van der Waals surface area contributed by atoms with Crippen LogP contribution in [0, 0.1) is 10.1 Å². The maximum absolute atomic E-state index is 12.0. The van der Waals surface area contributed by atoms with E-state index in [1.54, 1.807) is 48.5 Å². The van der Waals surface area contributed by atoms with Crippen molar-refractivity contribution in [1.82, 2.24) is 0 Å². The number of nitro groups is 1. The van der Waals surface area contributed by atoms with Crippen molar-refractivity contribution >= 4 is 11.7 Å². The van der Waals surface area contributed by atoms with E-state index in [0.29, 0.717) is 28.3 Å². The fourth-order valence-electron chi connectivity index (χ4n) is 2.99. The van der Waals surface area contributed by atoms with Crippen LogP contribution in [0.3, 0.4) is 0 Å². The summed E-state index contributed by atoms with van der Waals surface area (Å²) < 4.78 is 10.9. The SMILES string of the molecule is O=C1OC(/C(=C/Nc2ccc(Oc3ccccc3)cc2)[N+](=O)[O-])c2ccccc21. The lowest BCUT2D eigenvalue weighted by atomic mass is 10.0. The monoisotopic (exact) mass is 388 g/mol. The summed E-state index contributed by atoms with van der Waals surface area (Å²) >= 11 is 0. The molecule has 0 saturated heterocycles. The summed E-state index contributed by atoms with van der Waals surface area (Å²) in [5, 5.41) is 14.5. The van der Waals surface area contributed by atoms with E-state index in [0.717, 1.165) is 0 Å². The first-order chi connectivity index (χ1) is 14.1. The van der Waals surface area contributed by atoms with E-state index < -0.39 is 17.0 Å². The molecule has 0 fully saturated rings. The molecule has 29 heavy (non-hydrogen) atoms. The summed E-state index contributed by atoms with van der Waals surface area (Å²) in [6.45, 7) is 0. The molecule has 1 N–H and O–H groups in total. The maximum Gasteiger partial charge on any atom is 0.339 e. The second kappa shape index (κ2) is 7.85. The van der Waals surface area contributed by atoms with E-state index in [9.17, 15) is 14.9 Å². The van der Waals surface area contributed by atoms with Gasteiger partial charge in [0.2, 0.25) is 6.10 Å².